The van der Waals surface area contributed by atoms with Gasteiger partial charge in [-0.2, -0.15) is 0 Å². The summed E-state index contributed by atoms with van der Waals surface area (Å²) in [6, 6.07) is 17.2. The largest absolute Gasteiger partial charge is 0.244 e. The summed E-state index contributed by atoms with van der Waals surface area (Å²) in [4.78, 5) is 2.37. The molecule has 1 heterocycles. The molecule has 3 rings (SSSR count). The minimum absolute atomic E-state index is 1.09. The lowest BCUT2D eigenvalue weighted by molar-refractivity contribution is -0.440. The van der Waals surface area contributed by atoms with Gasteiger partial charge in [0.1, 0.15) is 11.4 Å². The number of hydrogen-bond acceptors (Lipinski definition) is 1. The zero-order valence-electron chi connectivity index (χ0n) is 12.2. The van der Waals surface area contributed by atoms with Crippen molar-refractivity contribution < 1.29 is 4.58 Å². The minimum Gasteiger partial charge on any atom is -0.233 e. The SMILES string of the molecule is Cc1ccccc1N1C=[N+](c2ccccc2C)CCC1. The van der Waals surface area contributed by atoms with Gasteiger partial charge in [-0.15, -0.1) is 0 Å². The number of hydrogen-bond donors (Lipinski definition) is 0. The average Bonchev–Trinajstić information content (AvgIpc) is 2.48. The van der Waals surface area contributed by atoms with Crippen LogP contribution in [0.1, 0.15) is 17.5 Å². The first-order valence-electron chi connectivity index (χ1n) is 7.25. The van der Waals surface area contributed by atoms with Crippen molar-refractivity contribution in [2.75, 3.05) is 18.0 Å². The van der Waals surface area contributed by atoms with Crippen LogP contribution in [-0.2, 0) is 0 Å². The molecule has 0 saturated carbocycles. The highest BCUT2D eigenvalue weighted by Gasteiger charge is 2.21. The van der Waals surface area contributed by atoms with Crippen LogP contribution in [0.2, 0.25) is 0 Å². The van der Waals surface area contributed by atoms with Crippen molar-refractivity contribution in [1.82, 2.24) is 0 Å². The van der Waals surface area contributed by atoms with Gasteiger partial charge in [0, 0.05) is 6.42 Å². The second-order valence-electron chi connectivity index (χ2n) is 5.43. The Labute approximate surface area is 121 Å². The van der Waals surface area contributed by atoms with Gasteiger partial charge in [-0.05, 0) is 37.1 Å². The van der Waals surface area contributed by atoms with Crippen LogP contribution in [0.5, 0.6) is 0 Å². The molecule has 2 aromatic rings. The Bertz CT molecular complexity index is 643. The summed E-state index contributed by atoms with van der Waals surface area (Å²) in [6.45, 7) is 6.53. The molecule has 0 amide bonds. The van der Waals surface area contributed by atoms with E-state index in [4.69, 9.17) is 0 Å². The molecule has 1 aliphatic rings. The van der Waals surface area contributed by atoms with E-state index < -0.39 is 0 Å². The van der Waals surface area contributed by atoms with Crippen LogP contribution in [0.15, 0.2) is 48.5 Å². The maximum atomic E-state index is 2.37. The number of para-hydroxylation sites is 2. The second-order valence-corrected chi connectivity index (χ2v) is 5.43. The van der Waals surface area contributed by atoms with E-state index in [1.165, 1.54) is 28.9 Å². The third kappa shape index (κ3) is 2.46. The number of aryl methyl sites for hydroxylation is 2. The molecule has 0 saturated heterocycles. The van der Waals surface area contributed by atoms with Gasteiger partial charge in [0.2, 0.25) is 6.34 Å². The van der Waals surface area contributed by atoms with Crippen molar-refractivity contribution in [2.24, 2.45) is 0 Å². The van der Waals surface area contributed by atoms with Gasteiger partial charge in [-0.1, -0.05) is 36.4 Å². The molecule has 0 bridgehead atoms. The molecule has 102 valence electrons. The summed E-state index contributed by atoms with van der Waals surface area (Å²) in [5.41, 5.74) is 5.28. The highest BCUT2D eigenvalue weighted by Crippen LogP contribution is 2.23. The van der Waals surface area contributed by atoms with E-state index in [0.717, 1.165) is 13.1 Å². The van der Waals surface area contributed by atoms with Crippen LogP contribution >= 0.6 is 0 Å². The topological polar surface area (TPSA) is 6.25 Å². The molecular weight excluding hydrogens is 244 g/mol. The van der Waals surface area contributed by atoms with Gasteiger partial charge in [0.05, 0.1) is 13.1 Å². The van der Waals surface area contributed by atoms with E-state index in [-0.39, 0.29) is 0 Å². The third-order valence-corrected chi connectivity index (χ3v) is 3.93. The Kier molecular flexibility index (Phi) is 3.55. The van der Waals surface area contributed by atoms with Gasteiger partial charge in [0.25, 0.3) is 0 Å². The zero-order valence-corrected chi connectivity index (χ0v) is 12.2. The van der Waals surface area contributed by atoms with Crippen molar-refractivity contribution >= 4 is 17.7 Å². The Balaban J connectivity index is 1.98. The van der Waals surface area contributed by atoms with Crippen LogP contribution in [0.25, 0.3) is 0 Å². The van der Waals surface area contributed by atoms with Crippen LogP contribution in [0.3, 0.4) is 0 Å². The van der Waals surface area contributed by atoms with Gasteiger partial charge >= 0.3 is 0 Å². The molecule has 20 heavy (non-hydrogen) atoms. The van der Waals surface area contributed by atoms with E-state index in [0.29, 0.717) is 0 Å². The first-order chi connectivity index (χ1) is 9.75. The Morgan fingerprint density at radius 2 is 1.60 bits per heavy atom. The first kappa shape index (κ1) is 12.9. The standard InChI is InChI=1S/C18H21N2/c1-15-8-3-5-10-17(15)19-12-7-13-20(14-19)18-11-6-4-9-16(18)2/h3-6,8-11,14H,7,12-13H2,1-2H3/q+1. The zero-order chi connectivity index (χ0) is 13.9. The molecule has 1 aliphatic heterocycles. The fraction of sp³-hybridized carbons (Fsp3) is 0.278. The predicted octanol–water partition coefficient (Wildman–Crippen LogP) is 3.89. The Hall–Kier alpha value is -2.09. The van der Waals surface area contributed by atoms with E-state index in [1.54, 1.807) is 0 Å². The summed E-state index contributed by atoms with van der Waals surface area (Å²) in [5, 5.41) is 0. The number of nitrogens with zero attached hydrogens (tertiary/aromatic N) is 2. The van der Waals surface area contributed by atoms with E-state index in [2.05, 4.69) is 78.2 Å². The number of anilines is 1. The lowest BCUT2D eigenvalue weighted by Gasteiger charge is -2.22. The minimum atomic E-state index is 1.09. The molecule has 0 N–H and O–H groups in total. The maximum Gasteiger partial charge on any atom is 0.244 e. The maximum absolute atomic E-state index is 2.37. The smallest absolute Gasteiger partial charge is 0.233 e. The summed E-state index contributed by atoms with van der Waals surface area (Å²) in [5.74, 6) is 0. The number of benzene rings is 2. The van der Waals surface area contributed by atoms with Crippen LogP contribution in [0, 0.1) is 13.8 Å². The first-order valence-corrected chi connectivity index (χ1v) is 7.25. The lowest BCUT2D eigenvalue weighted by Crippen LogP contribution is -2.35. The summed E-state index contributed by atoms with van der Waals surface area (Å²) >= 11 is 0. The van der Waals surface area contributed by atoms with Crippen molar-refractivity contribution in [3.63, 3.8) is 0 Å². The lowest BCUT2D eigenvalue weighted by atomic mass is 10.1. The Morgan fingerprint density at radius 3 is 2.35 bits per heavy atom. The Morgan fingerprint density at radius 1 is 0.900 bits per heavy atom. The van der Waals surface area contributed by atoms with Gasteiger partial charge < -0.3 is 0 Å². The fourth-order valence-corrected chi connectivity index (χ4v) is 2.83. The fourth-order valence-electron chi connectivity index (χ4n) is 2.83. The molecule has 0 atom stereocenters. The molecular formula is C18H21N2+. The van der Waals surface area contributed by atoms with Crippen molar-refractivity contribution in [2.45, 2.75) is 20.3 Å². The molecule has 0 radical (unpaired) electrons. The van der Waals surface area contributed by atoms with Crippen LogP contribution in [-0.4, -0.2) is 24.0 Å². The molecule has 2 heteroatoms. The monoisotopic (exact) mass is 265 g/mol. The summed E-state index contributed by atoms with van der Waals surface area (Å²) < 4.78 is 2.37. The molecule has 0 aromatic heterocycles. The average molecular weight is 265 g/mol. The highest BCUT2D eigenvalue weighted by atomic mass is 15.2. The van der Waals surface area contributed by atoms with Crippen molar-refractivity contribution in [1.29, 1.82) is 0 Å². The molecule has 2 aromatic carbocycles. The van der Waals surface area contributed by atoms with Gasteiger partial charge in [-0.3, -0.25) is 0 Å². The molecule has 0 spiro atoms. The molecule has 0 unspecified atom stereocenters. The van der Waals surface area contributed by atoms with E-state index in [1.807, 2.05) is 0 Å². The van der Waals surface area contributed by atoms with Crippen molar-refractivity contribution in [3.8, 4) is 0 Å². The second kappa shape index (κ2) is 5.49. The highest BCUT2D eigenvalue weighted by molar-refractivity contribution is 5.78. The normalized spacial score (nSPS) is 15.1. The van der Waals surface area contributed by atoms with E-state index >= 15 is 0 Å². The van der Waals surface area contributed by atoms with E-state index in [9.17, 15) is 0 Å². The summed E-state index contributed by atoms with van der Waals surface area (Å²) in [6.07, 6.45) is 3.44. The van der Waals surface area contributed by atoms with Gasteiger partial charge in [0.15, 0.2) is 0 Å². The van der Waals surface area contributed by atoms with Crippen molar-refractivity contribution in [3.05, 3.63) is 59.7 Å². The summed E-state index contributed by atoms with van der Waals surface area (Å²) in [7, 11) is 0. The third-order valence-electron chi connectivity index (χ3n) is 3.93. The molecule has 2 nitrogen and oxygen atoms in total. The van der Waals surface area contributed by atoms with Gasteiger partial charge in [-0.25, -0.2) is 9.48 Å². The predicted molar refractivity (Wildman–Crippen MR) is 85.2 cm³/mol. The quantitative estimate of drug-likeness (QED) is 0.747. The molecule has 0 aliphatic carbocycles. The number of rotatable bonds is 2. The molecule has 0 fully saturated rings. The van der Waals surface area contributed by atoms with Crippen LogP contribution < -0.4 is 4.90 Å². The van der Waals surface area contributed by atoms with Crippen LogP contribution in [0.4, 0.5) is 11.4 Å².